The number of fused-ring (bicyclic) bond motifs is 1. The molecule has 2 heterocycles. The third-order valence-electron chi connectivity index (χ3n) is 3.30. The molecule has 96 valence electrons. The minimum Gasteiger partial charge on any atom is -0.381 e. The van der Waals surface area contributed by atoms with Crippen LogP contribution in [0, 0.1) is 0 Å². The number of H-pyrrole nitrogens is 1. The molecule has 1 aliphatic carbocycles. The number of ether oxygens (including phenoxy) is 1. The van der Waals surface area contributed by atoms with Crippen molar-refractivity contribution in [1.82, 2.24) is 20.2 Å². The van der Waals surface area contributed by atoms with Crippen LogP contribution in [0.1, 0.15) is 12.8 Å². The third-order valence-corrected chi connectivity index (χ3v) is 3.30. The van der Waals surface area contributed by atoms with Crippen molar-refractivity contribution in [2.24, 2.45) is 0 Å². The Balaban J connectivity index is 1.84. The lowest BCUT2D eigenvalue weighted by molar-refractivity contribution is 0.0328. The molecule has 3 rings (SSSR count). The second-order valence-corrected chi connectivity index (χ2v) is 4.45. The lowest BCUT2D eigenvalue weighted by Crippen LogP contribution is -2.40. The van der Waals surface area contributed by atoms with Gasteiger partial charge in [-0.3, -0.25) is 5.10 Å². The minimum absolute atomic E-state index is 0.368. The molecule has 0 amide bonds. The maximum absolute atomic E-state index is 5.27. The fraction of sp³-hybridized carbons (Fsp3) is 0.545. The fourth-order valence-electron chi connectivity index (χ4n) is 2.13. The van der Waals surface area contributed by atoms with E-state index in [2.05, 4.69) is 30.8 Å². The smallest absolute Gasteiger partial charge is 0.226 e. The van der Waals surface area contributed by atoms with E-state index < -0.39 is 0 Å². The Hall–Kier alpha value is -1.89. The Morgan fingerprint density at radius 2 is 2.22 bits per heavy atom. The highest BCUT2D eigenvalue weighted by atomic mass is 16.5. The van der Waals surface area contributed by atoms with E-state index in [1.807, 2.05) is 0 Å². The minimum atomic E-state index is 0.368. The van der Waals surface area contributed by atoms with Gasteiger partial charge in [0.2, 0.25) is 5.95 Å². The molecule has 1 saturated carbocycles. The highest BCUT2D eigenvalue weighted by molar-refractivity contribution is 5.87. The average Bonchev–Trinajstić information content (AvgIpc) is 2.80. The summed E-state index contributed by atoms with van der Waals surface area (Å²) >= 11 is 0. The maximum Gasteiger partial charge on any atom is 0.226 e. The van der Waals surface area contributed by atoms with Crippen LogP contribution in [0.25, 0.3) is 11.0 Å². The van der Waals surface area contributed by atoms with Crippen LogP contribution < -0.4 is 10.6 Å². The van der Waals surface area contributed by atoms with Crippen LogP contribution in [0.3, 0.4) is 0 Å². The largest absolute Gasteiger partial charge is 0.381 e. The highest BCUT2D eigenvalue weighted by Gasteiger charge is 2.29. The van der Waals surface area contributed by atoms with Crippen molar-refractivity contribution < 1.29 is 4.74 Å². The lowest BCUT2D eigenvalue weighted by atomic mass is 9.89. The van der Waals surface area contributed by atoms with E-state index in [1.54, 1.807) is 20.4 Å². The molecule has 0 aromatic carbocycles. The number of aromatic nitrogens is 4. The number of anilines is 2. The Kier molecular flexibility index (Phi) is 2.75. The number of nitrogens with zero attached hydrogens (tertiary/aromatic N) is 3. The number of hydrogen-bond donors (Lipinski definition) is 3. The zero-order chi connectivity index (χ0) is 12.5. The Labute approximate surface area is 104 Å². The number of hydrogen-bond acceptors (Lipinski definition) is 6. The van der Waals surface area contributed by atoms with E-state index in [0.717, 1.165) is 29.7 Å². The van der Waals surface area contributed by atoms with Crippen molar-refractivity contribution >= 4 is 22.8 Å². The predicted molar refractivity (Wildman–Crippen MR) is 68.7 cm³/mol. The SMILES string of the molecule is CNc1nc(NC2CC(OC)C2)c2cn[nH]c2n1. The number of nitrogens with one attached hydrogen (secondary N) is 3. The van der Waals surface area contributed by atoms with Crippen LogP contribution >= 0.6 is 0 Å². The molecule has 0 radical (unpaired) electrons. The zero-order valence-corrected chi connectivity index (χ0v) is 10.4. The van der Waals surface area contributed by atoms with Crippen LogP contribution in [0.15, 0.2) is 6.20 Å². The maximum atomic E-state index is 5.27. The van der Waals surface area contributed by atoms with Gasteiger partial charge in [-0.2, -0.15) is 15.1 Å². The van der Waals surface area contributed by atoms with Crippen LogP contribution in [0.4, 0.5) is 11.8 Å². The molecule has 0 bridgehead atoms. The number of methoxy groups -OCH3 is 1. The van der Waals surface area contributed by atoms with Crippen LogP contribution in [0.2, 0.25) is 0 Å². The highest BCUT2D eigenvalue weighted by Crippen LogP contribution is 2.28. The molecule has 3 N–H and O–H groups in total. The molecule has 1 aliphatic rings. The van der Waals surface area contributed by atoms with E-state index in [9.17, 15) is 0 Å². The van der Waals surface area contributed by atoms with Crippen LogP contribution in [0.5, 0.6) is 0 Å². The first kappa shape index (κ1) is 11.2. The van der Waals surface area contributed by atoms with E-state index in [0.29, 0.717) is 18.1 Å². The quantitative estimate of drug-likeness (QED) is 0.747. The molecule has 18 heavy (non-hydrogen) atoms. The molecule has 2 aromatic rings. The lowest BCUT2D eigenvalue weighted by Gasteiger charge is -2.35. The van der Waals surface area contributed by atoms with Gasteiger partial charge in [0.1, 0.15) is 5.82 Å². The summed E-state index contributed by atoms with van der Waals surface area (Å²) in [5.41, 5.74) is 0.736. The normalized spacial score (nSPS) is 22.8. The topological polar surface area (TPSA) is 87.8 Å². The number of aromatic amines is 1. The molecule has 0 atom stereocenters. The summed E-state index contributed by atoms with van der Waals surface area (Å²) in [5, 5.41) is 14.1. The summed E-state index contributed by atoms with van der Waals surface area (Å²) in [6.07, 6.45) is 4.13. The van der Waals surface area contributed by atoms with Crippen molar-refractivity contribution in [2.45, 2.75) is 25.0 Å². The van der Waals surface area contributed by atoms with Crippen LogP contribution in [-0.2, 0) is 4.74 Å². The molecular formula is C11H16N6O. The summed E-state index contributed by atoms with van der Waals surface area (Å²) in [6, 6.07) is 0.410. The monoisotopic (exact) mass is 248 g/mol. The van der Waals surface area contributed by atoms with Crippen molar-refractivity contribution in [3.63, 3.8) is 0 Å². The first-order valence-electron chi connectivity index (χ1n) is 5.98. The molecular weight excluding hydrogens is 232 g/mol. The Bertz CT molecular complexity index is 547. The Morgan fingerprint density at radius 1 is 1.39 bits per heavy atom. The summed E-state index contributed by atoms with van der Waals surface area (Å²) in [4.78, 5) is 8.72. The second kappa shape index (κ2) is 4.41. The molecule has 7 nitrogen and oxygen atoms in total. The molecule has 1 fully saturated rings. The molecule has 2 aromatic heterocycles. The van der Waals surface area contributed by atoms with Gasteiger partial charge in [0, 0.05) is 20.2 Å². The van der Waals surface area contributed by atoms with Crippen LogP contribution in [-0.4, -0.2) is 46.5 Å². The molecule has 7 heteroatoms. The van der Waals surface area contributed by atoms with Gasteiger partial charge in [-0.05, 0) is 12.8 Å². The first-order chi connectivity index (χ1) is 8.80. The summed E-state index contributed by atoms with van der Waals surface area (Å²) in [5.74, 6) is 1.40. The molecule has 0 saturated heterocycles. The van der Waals surface area contributed by atoms with Gasteiger partial charge < -0.3 is 15.4 Å². The second-order valence-electron chi connectivity index (χ2n) is 4.45. The third kappa shape index (κ3) is 1.86. The van der Waals surface area contributed by atoms with Gasteiger partial charge in [0.05, 0.1) is 17.7 Å². The predicted octanol–water partition coefficient (Wildman–Crippen LogP) is 0.984. The van der Waals surface area contributed by atoms with Gasteiger partial charge in [0.15, 0.2) is 5.65 Å². The standard InChI is InChI=1S/C11H16N6O/c1-12-11-15-9(8-5-13-17-10(8)16-11)14-6-3-7(4-6)18-2/h5-7H,3-4H2,1-2H3,(H3,12,13,14,15,16,17). The summed E-state index contributed by atoms with van der Waals surface area (Å²) in [6.45, 7) is 0. The van der Waals surface area contributed by atoms with Gasteiger partial charge in [-0.15, -0.1) is 0 Å². The van der Waals surface area contributed by atoms with Crippen molar-refractivity contribution in [2.75, 3.05) is 24.8 Å². The van der Waals surface area contributed by atoms with E-state index in [4.69, 9.17) is 4.74 Å². The van der Waals surface area contributed by atoms with Gasteiger partial charge >= 0.3 is 0 Å². The van der Waals surface area contributed by atoms with E-state index >= 15 is 0 Å². The van der Waals surface area contributed by atoms with Gasteiger partial charge in [0.25, 0.3) is 0 Å². The van der Waals surface area contributed by atoms with Crippen molar-refractivity contribution in [3.05, 3.63) is 6.20 Å². The molecule has 0 spiro atoms. The Morgan fingerprint density at radius 3 is 2.94 bits per heavy atom. The number of rotatable bonds is 4. The van der Waals surface area contributed by atoms with Crippen molar-refractivity contribution in [1.29, 1.82) is 0 Å². The average molecular weight is 248 g/mol. The van der Waals surface area contributed by atoms with E-state index in [-0.39, 0.29) is 0 Å². The van der Waals surface area contributed by atoms with E-state index in [1.165, 1.54) is 0 Å². The molecule has 0 unspecified atom stereocenters. The van der Waals surface area contributed by atoms with Gasteiger partial charge in [-0.1, -0.05) is 0 Å². The van der Waals surface area contributed by atoms with Gasteiger partial charge in [-0.25, -0.2) is 0 Å². The summed E-state index contributed by atoms with van der Waals surface area (Å²) in [7, 11) is 3.55. The summed E-state index contributed by atoms with van der Waals surface area (Å²) < 4.78 is 5.27. The first-order valence-corrected chi connectivity index (χ1v) is 5.98. The zero-order valence-electron chi connectivity index (χ0n) is 10.4. The van der Waals surface area contributed by atoms with Crippen molar-refractivity contribution in [3.8, 4) is 0 Å². The fourth-order valence-corrected chi connectivity index (χ4v) is 2.13. The molecule has 0 aliphatic heterocycles.